The molecule has 0 aliphatic rings. The molecule has 0 radical (unpaired) electrons. The van der Waals surface area contributed by atoms with Crippen LogP contribution in [0.4, 0.5) is 0 Å². The molecule has 14 heavy (non-hydrogen) atoms. The molecule has 0 heterocycles. The lowest BCUT2D eigenvalue weighted by molar-refractivity contribution is 0.431. The third-order valence-electron chi connectivity index (χ3n) is 2.31. The van der Waals surface area contributed by atoms with Gasteiger partial charge in [-0.15, -0.1) is 18.2 Å². The molecular weight excluding hydrogens is 194 g/mol. The first kappa shape index (κ1) is 11.3. The predicted molar refractivity (Wildman–Crippen MR) is 62.7 cm³/mol. The quantitative estimate of drug-likeness (QED) is 0.581. The van der Waals surface area contributed by atoms with Gasteiger partial charge in [0.15, 0.2) is 0 Å². The summed E-state index contributed by atoms with van der Waals surface area (Å²) in [4.78, 5) is 0. The molecule has 0 saturated heterocycles. The van der Waals surface area contributed by atoms with Crippen molar-refractivity contribution in [2.75, 3.05) is 12.4 Å². The summed E-state index contributed by atoms with van der Waals surface area (Å²) in [6, 6.07) is 10.2. The molecule has 0 amide bonds. The van der Waals surface area contributed by atoms with Gasteiger partial charge in [-0.2, -0.15) is 0 Å². The second-order valence-electron chi connectivity index (χ2n) is 3.50. The molecule has 0 fully saturated rings. The first-order valence-electron chi connectivity index (χ1n) is 4.70. The number of alkyl halides is 1. The lowest BCUT2D eigenvalue weighted by atomic mass is 9.94. The maximum atomic E-state index is 5.98. The molecule has 2 heteroatoms. The van der Waals surface area contributed by atoms with Crippen molar-refractivity contribution in [3.05, 3.63) is 48.6 Å². The summed E-state index contributed by atoms with van der Waals surface area (Å²) in [5.74, 6) is 0.546. The molecule has 0 saturated carbocycles. The van der Waals surface area contributed by atoms with Crippen LogP contribution in [0, 0.1) is 0 Å². The second kappa shape index (κ2) is 5.18. The minimum atomic E-state index is -0.170. The van der Waals surface area contributed by atoms with Crippen LogP contribution in [-0.4, -0.2) is 12.4 Å². The molecule has 1 N–H and O–H groups in total. The van der Waals surface area contributed by atoms with E-state index in [0.717, 1.165) is 6.54 Å². The van der Waals surface area contributed by atoms with Crippen molar-refractivity contribution >= 4 is 11.6 Å². The summed E-state index contributed by atoms with van der Waals surface area (Å²) < 4.78 is 0. The zero-order valence-electron chi connectivity index (χ0n) is 8.46. The predicted octanol–water partition coefficient (Wildman–Crippen LogP) is 2.92. The summed E-state index contributed by atoms with van der Waals surface area (Å²) in [6.45, 7) is 6.54. The van der Waals surface area contributed by atoms with E-state index >= 15 is 0 Å². The van der Waals surface area contributed by atoms with Crippen LogP contribution < -0.4 is 5.32 Å². The van der Waals surface area contributed by atoms with Gasteiger partial charge >= 0.3 is 0 Å². The van der Waals surface area contributed by atoms with Crippen LogP contribution in [0.3, 0.4) is 0 Å². The molecule has 0 aromatic heterocycles. The number of hydrogen-bond donors (Lipinski definition) is 1. The summed E-state index contributed by atoms with van der Waals surface area (Å²) in [7, 11) is 0. The van der Waals surface area contributed by atoms with Crippen LogP contribution in [-0.2, 0) is 5.54 Å². The lowest BCUT2D eigenvalue weighted by Gasteiger charge is -2.28. The minimum Gasteiger partial charge on any atom is -0.303 e. The Morgan fingerprint density at radius 3 is 2.57 bits per heavy atom. The van der Waals surface area contributed by atoms with Crippen molar-refractivity contribution in [3.63, 3.8) is 0 Å². The number of rotatable bonds is 5. The average molecular weight is 210 g/mol. The highest BCUT2D eigenvalue weighted by Gasteiger charge is 2.23. The van der Waals surface area contributed by atoms with E-state index in [-0.39, 0.29) is 5.54 Å². The van der Waals surface area contributed by atoms with Gasteiger partial charge in [-0.05, 0) is 12.5 Å². The largest absolute Gasteiger partial charge is 0.303 e. The van der Waals surface area contributed by atoms with Gasteiger partial charge in [0.05, 0.1) is 5.54 Å². The van der Waals surface area contributed by atoms with Crippen LogP contribution in [0.2, 0.25) is 0 Å². The summed E-state index contributed by atoms with van der Waals surface area (Å²) in [5, 5.41) is 3.36. The lowest BCUT2D eigenvalue weighted by Crippen LogP contribution is -2.41. The molecule has 0 bridgehead atoms. The standard InChI is InChI=1S/C12H16ClN/c1-3-9-14-12(2,10-13)11-7-5-4-6-8-11/h3-8,14H,1,9-10H2,2H3. The van der Waals surface area contributed by atoms with E-state index in [0.29, 0.717) is 5.88 Å². The van der Waals surface area contributed by atoms with E-state index in [2.05, 4.69) is 31.0 Å². The first-order chi connectivity index (χ1) is 6.73. The second-order valence-corrected chi connectivity index (χ2v) is 3.77. The smallest absolute Gasteiger partial charge is 0.0545 e. The van der Waals surface area contributed by atoms with E-state index in [4.69, 9.17) is 11.6 Å². The topological polar surface area (TPSA) is 12.0 Å². The number of hydrogen-bond acceptors (Lipinski definition) is 1. The molecule has 1 aromatic carbocycles. The summed E-state index contributed by atoms with van der Waals surface area (Å²) in [6.07, 6.45) is 1.84. The Morgan fingerprint density at radius 2 is 2.07 bits per heavy atom. The molecule has 1 rings (SSSR count). The Balaban J connectivity index is 2.84. The van der Waals surface area contributed by atoms with Crippen LogP contribution in [0.1, 0.15) is 12.5 Å². The summed E-state index contributed by atoms with van der Waals surface area (Å²) in [5.41, 5.74) is 1.04. The van der Waals surface area contributed by atoms with Crippen molar-refractivity contribution in [3.8, 4) is 0 Å². The average Bonchev–Trinajstić information content (AvgIpc) is 2.27. The molecule has 0 spiro atoms. The third-order valence-corrected chi connectivity index (χ3v) is 2.85. The van der Waals surface area contributed by atoms with Gasteiger partial charge in [0.2, 0.25) is 0 Å². The highest BCUT2D eigenvalue weighted by molar-refractivity contribution is 6.18. The molecule has 0 aliphatic heterocycles. The van der Waals surface area contributed by atoms with Gasteiger partial charge in [-0.3, -0.25) is 0 Å². The Bertz CT molecular complexity index is 284. The van der Waals surface area contributed by atoms with E-state index in [1.54, 1.807) is 0 Å². The van der Waals surface area contributed by atoms with Crippen molar-refractivity contribution in [1.29, 1.82) is 0 Å². The van der Waals surface area contributed by atoms with Gasteiger partial charge in [0, 0.05) is 12.4 Å². The highest BCUT2D eigenvalue weighted by atomic mass is 35.5. The van der Waals surface area contributed by atoms with Crippen molar-refractivity contribution in [2.24, 2.45) is 0 Å². The summed E-state index contributed by atoms with van der Waals surface area (Å²) >= 11 is 5.98. The van der Waals surface area contributed by atoms with Crippen molar-refractivity contribution in [1.82, 2.24) is 5.32 Å². The van der Waals surface area contributed by atoms with Gasteiger partial charge in [-0.25, -0.2) is 0 Å². The number of benzene rings is 1. The van der Waals surface area contributed by atoms with Crippen LogP contribution in [0.25, 0.3) is 0 Å². The maximum Gasteiger partial charge on any atom is 0.0545 e. The fourth-order valence-electron chi connectivity index (χ4n) is 1.33. The fraction of sp³-hybridized carbons (Fsp3) is 0.333. The highest BCUT2D eigenvalue weighted by Crippen LogP contribution is 2.21. The normalized spacial score (nSPS) is 14.7. The molecule has 1 nitrogen and oxygen atoms in total. The number of halogens is 1. The molecule has 1 atom stereocenters. The minimum absolute atomic E-state index is 0.170. The Hall–Kier alpha value is -0.790. The number of nitrogens with one attached hydrogen (secondary N) is 1. The van der Waals surface area contributed by atoms with Crippen LogP contribution in [0.5, 0.6) is 0 Å². The van der Waals surface area contributed by atoms with E-state index < -0.39 is 0 Å². The van der Waals surface area contributed by atoms with E-state index in [1.165, 1.54) is 5.56 Å². The Labute approximate surface area is 90.8 Å². The molecular formula is C12H16ClN. The van der Waals surface area contributed by atoms with Gasteiger partial charge in [0.1, 0.15) is 0 Å². The monoisotopic (exact) mass is 209 g/mol. The zero-order chi connectivity index (χ0) is 10.4. The molecule has 1 aromatic rings. The SMILES string of the molecule is C=CCNC(C)(CCl)c1ccccc1. The van der Waals surface area contributed by atoms with E-state index in [1.807, 2.05) is 24.3 Å². The maximum absolute atomic E-state index is 5.98. The Kier molecular flexibility index (Phi) is 4.18. The van der Waals surface area contributed by atoms with Crippen molar-refractivity contribution in [2.45, 2.75) is 12.5 Å². The van der Waals surface area contributed by atoms with Crippen LogP contribution in [0.15, 0.2) is 43.0 Å². The van der Waals surface area contributed by atoms with Gasteiger partial charge in [0.25, 0.3) is 0 Å². The zero-order valence-corrected chi connectivity index (χ0v) is 9.22. The molecule has 76 valence electrons. The third kappa shape index (κ3) is 2.60. The molecule has 1 unspecified atom stereocenters. The van der Waals surface area contributed by atoms with Crippen LogP contribution >= 0.6 is 11.6 Å². The Morgan fingerprint density at radius 1 is 1.43 bits per heavy atom. The first-order valence-corrected chi connectivity index (χ1v) is 5.24. The van der Waals surface area contributed by atoms with Gasteiger partial charge in [-0.1, -0.05) is 36.4 Å². The van der Waals surface area contributed by atoms with E-state index in [9.17, 15) is 0 Å². The van der Waals surface area contributed by atoms with Gasteiger partial charge < -0.3 is 5.32 Å². The molecule has 0 aliphatic carbocycles. The fourth-order valence-corrected chi connectivity index (χ4v) is 1.58. The van der Waals surface area contributed by atoms with Crippen molar-refractivity contribution < 1.29 is 0 Å².